The first kappa shape index (κ1) is 14.9. The zero-order valence-corrected chi connectivity index (χ0v) is 12.8. The Kier molecular flexibility index (Phi) is 4.05. The number of benzene rings is 1. The molecule has 2 aliphatic rings. The highest BCUT2D eigenvalue weighted by Crippen LogP contribution is 2.46. The maximum Gasteiger partial charge on any atom is 0.335 e. The molecule has 0 atom stereocenters. The summed E-state index contributed by atoms with van der Waals surface area (Å²) in [5.41, 5.74) is 1.16. The lowest BCUT2D eigenvalue weighted by molar-refractivity contribution is 0.0697. The van der Waals surface area contributed by atoms with E-state index in [-0.39, 0.29) is 11.6 Å². The highest BCUT2D eigenvalue weighted by Gasteiger charge is 2.44. The van der Waals surface area contributed by atoms with E-state index in [1.54, 1.807) is 24.3 Å². The topological polar surface area (TPSA) is 69.6 Å². The molecule has 0 spiro atoms. The first-order valence-electron chi connectivity index (χ1n) is 7.89. The summed E-state index contributed by atoms with van der Waals surface area (Å²) in [6.07, 6.45) is 4.98. The third-order valence-electron chi connectivity index (χ3n) is 4.62. The van der Waals surface area contributed by atoms with Crippen molar-refractivity contribution in [2.45, 2.75) is 38.3 Å². The van der Waals surface area contributed by atoms with E-state index in [1.165, 1.54) is 25.7 Å². The molecule has 5 heteroatoms. The molecular formula is C17H22N2O3. The van der Waals surface area contributed by atoms with Gasteiger partial charge in [-0.15, -0.1) is 0 Å². The standard InChI is InChI=1S/C17H22N2O3/c1-19(15(12-6-7-12)13-8-9-13)17(22)18-10-11-2-4-14(5-3-11)16(20)21/h2-5,12-13,15H,6-10H2,1H3,(H,18,22)(H,20,21). The van der Waals surface area contributed by atoms with Crippen molar-refractivity contribution in [3.8, 4) is 0 Å². The molecule has 0 saturated heterocycles. The van der Waals surface area contributed by atoms with Gasteiger partial charge < -0.3 is 15.3 Å². The van der Waals surface area contributed by atoms with E-state index >= 15 is 0 Å². The second-order valence-electron chi connectivity index (χ2n) is 6.44. The molecule has 2 aliphatic carbocycles. The second-order valence-corrected chi connectivity index (χ2v) is 6.44. The molecule has 0 radical (unpaired) electrons. The fourth-order valence-corrected chi connectivity index (χ4v) is 3.10. The van der Waals surface area contributed by atoms with Gasteiger partial charge in [-0.25, -0.2) is 9.59 Å². The van der Waals surface area contributed by atoms with Crippen LogP contribution in [0.25, 0.3) is 0 Å². The van der Waals surface area contributed by atoms with Crippen molar-refractivity contribution < 1.29 is 14.7 Å². The fraction of sp³-hybridized carbons (Fsp3) is 0.529. The van der Waals surface area contributed by atoms with Crippen LogP contribution in [0.3, 0.4) is 0 Å². The van der Waals surface area contributed by atoms with Gasteiger partial charge >= 0.3 is 12.0 Å². The summed E-state index contributed by atoms with van der Waals surface area (Å²) in [7, 11) is 1.89. The molecule has 2 fully saturated rings. The number of aromatic carboxylic acids is 1. The minimum absolute atomic E-state index is 0.0360. The van der Waals surface area contributed by atoms with Crippen LogP contribution >= 0.6 is 0 Å². The molecule has 0 aliphatic heterocycles. The Hall–Kier alpha value is -2.04. The summed E-state index contributed by atoms with van der Waals surface area (Å²) in [4.78, 5) is 25.0. The van der Waals surface area contributed by atoms with Gasteiger partial charge in [0.25, 0.3) is 0 Å². The monoisotopic (exact) mass is 302 g/mol. The first-order chi connectivity index (χ1) is 10.6. The molecule has 2 N–H and O–H groups in total. The van der Waals surface area contributed by atoms with Gasteiger partial charge in [-0.2, -0.15) is 0 Å². The maximum absolute atomic E-state index is 12.3. The number of hydrogen-bond acceptors (Lipinski definition) is 2. The van der Waals surface area contributed by atoms with Crippen molar-refractivity contribution in [1.29, 1.82) is 0 Å². The van der Waals surface area contributed by atoms with Crippen molar-refractivity contribution in [1.82, 2.24) is 10.2 Å². The molecule has 22 heavy (non-hydrogen) atoms. The molecule has 0 heterocycles. The van der Waals surface area contributed by atoms with Crippen LogP contribution in [-0.4, -0.2) is 35.1 Å². The van der Waals surface area contributed by atoms with E-state index in [4.69, 9.17) is 5.11 Å². The highest BCUT2D eigenvalue weighted by molar-refractivity contribution is 5.87. The zero-order valence-electron chi connectivity index (χ0n) is 12.8. The second kappa shape index (κ2) is 5.99. The molecule has 0 unspecified atom stereocenters. The van der Waals surface area contributed by atoms with E-state index in [9.17, 15) is 9.59 Å². The molecule has 3 rings (SSSR count). The average Bonchev–Trinajstić information content (AvgIpc) is 3.39. The number of hydrogen-bond donors (Lipinski definition) is 2. The van der Waals surface area contributed by atoms with Gasteiger partial charge in [-0.3, -0.25) is 0 Å². The Morgan fingerprint density at radius 3 is 2.18 bits per heavy atom. The quantitative estimate of drug-likeness (QED) is 0.849. The van der Waals surface area contributed by atoms with Gasteiger partial charge in [0.15, 0.2) is 0 Å². The number of carboxylic acids is 1. The Morgan fingerprint density at radius 1 is 1.18 bits per heavy atom. The van der Waals surface area contributed by atoms with Gasteiger partial charge in [0.1, 0.15) is 0 Å². The number of urea groups is 1. The van der Waals surface area contributed by atoms with Crippen LogP contribution in [-0.2, 0) is 6.54 Å². The smallest absolute Gasteiger partial charge is 0.335 e. The molecule has 0 aromatic heterocycles. The van der Waals surface area contributed by atoms with Crippen molar-refractivity contribution in [3.63, 3.8) is 0 Å². The highest BCUT2D eigenvalue weighted by atomic mass is 16.4. The predicted octanol–water partition coefficient (Wildman–Crippen LogP) is 2.71. The SMILES string of the molecule is CN(C(=O)NCc1ccc(C(=O)O)cc1)C(C1CC1)C1CC1. The summed E-state index contributed by atoms with van der Waals surface area (Å²) < 4.78 is 0. The van der Waals surface area contributed by atoms with Crippen LogP contribution in [0.5, 0.6) is 0 Å². The molecule has 5 nitrogen and oxygen atoms in total. The Bertz CT molecular complexity index is 550. The maximum atomic E-state index is 12.3. The largest absolute Gasteiger partial charge is 0.478 e. The van der Waals surface area contributed by atoms with E-state index in [0.29, 0.717) is 24.4 Å². The van der Waals surface area contributed by atoms with E-state index in [0.717, 1.165) is 5.56 Å². The van der Waals surface area contributed by atoms with Crippen molar-refractivity contribution >= 4 is 12.0 Å². The number of carbonyl (C=O) groups is 2. The molecule has 2 amide bonds. The molecule has 2 saturated carbocycles. The number of carboxylic acid groups (broad SMARTS) is 1. The van der Waals surface area contributed by atoms with E-state index in [2.05, 4.69) is 5.32 Å². The predicted molar refractivity (Wildman–Crippen MR) is 82.6 cm³/mol. The Balaban J connectivity index is 1.53. The van der Waals surface area contributed by atoms with Crippen molar-refractivity contribution in [2.75, 3.05) is 7.05 Å². The number of nitrogens with one attached hydrogen (secondary N) is 1. The number of rotatable bonds is 6. The lowest BCUT2D eigenvalue weighted by atomic mass is 10.1. The minimum Gasteiger partial charge on any atom is -0.478 e. The number of amides is 2. The first-order valence-corrected chi connectivity index (χ1v) is 7.89. The average molecular weight is 302 g/mol. The third-order valence-corrected chi connectivity index (χ3v) is 4.62. The van der Waals surface area contributed by atoms with Crippen molar-refractivity contribution in [2.24, 2.45) is 11.8 Å². The molecular weight excluding hydrogens is 280 g/mol. The number of carbonyl (C=O) groups excluding carboxylic acids is 1. The summed E-state index contributed by atoms with van der Waals surface area (Å²) in [5.74, 6) is 0.447. The number of nitrogens with zero attached hydrogens (tertiary/aromatic N) is 1. The Labute approximate surface area is 130 Å². The zero-order chi connectivity index (χ0) is 15.7. The van der Waals surface area contributed by atoms with Crippen LogP contribution in [0.2, 0.25) is 0 Å². The van der Waals surface area contributed by atoms with Gasteiger partial charge in [0, 0.05) is 19.6 Å². The van der Waals surface area contributed by atoms with Crippen LogP contribution in [0.4, 0.5) is 4.79 Å². The van der Waals surface area contributed by atoms with Crippen LogP contribution < -0.4 is 5.32 Å². The summed E-state index contributed by atoms with van der Waals surface area (Å²) in [6, 6.07) is 6.96. The molecule has 1 aromatic rings. The molecule has 1 aromatic carbocycles. The Morgan fingerprint density at radius 2 is 1.73 bits per heavy atom. The van der Waals surface area contributed by atoms with Gasteiger partial charge in [-0.1, -0.05) is 12.1 Å². The van der Waals surface area contributed by atoms with Gasteiger partial charge in [0.05, 0.1) is 5.56 Å². The van der Waals surface area contributed by atoms with Gasteiger partial charge in [0.2, 0.25) is 0 Å². The van der Waals surface area contributed by atoms with Crippen LogP contribution in [0.15, 0.2) is 24.3 Å². The van der Waals surface area contributed by atoms with Crippen LogP contribution in [0.1, 0.15) is 41.6 Å². The molecule has 0 bridgehead atoms. The summed E-state index contributed by atoms with van der Waals surface area (Å²) >= 11 is 0. The van der Waals surface area contributed by atoms with Crippen molar-refractivity contribution in [3.05, 3.63) is 35.4 Å². The summed E-state index contributed by atoms with van der Waals surface area (Å²) in [5, 5.41) is 11.8. The van der Waals surface area contributed by atoms with Crippen LogP contribution in [0, 0.1) is 11.8 Å². The third kappa shape index (κ3) is 3.40. The lowest BCUT2D eigenvalue weighted by Crippen LogP contribution is -2.45. The normalized spacial score (nSPS) is 17.4. The van der Waals surface area contributed by atoms with E-state index < -0.39 is 5.97 Å². The van der Waals surface area contributed by atoms with Gasteiger partial charge in [-0.05, 0) is 55.2 Å². The summed E-state index contributed by atoms with van der Waals surface area (Å²) in [6.45, 7) is 0.422. The van der Waals surface area contributed by atoms with E-state index in [1.807, 2.05) is 11.9 Å². The minimum atomic E-state index is -0.938. The fourth-order valence-electron chi connectivity index (χ4n) is 3.10. The lowest BCUT2D eigenvalue weighted by Gasteiger charge is -2.28. The molecule has 118 valence electrons.